The van der Waals surface area contributed by atoms with Crippen molar-refractivity contribution >= 4 is 5.95 Å². The lowest BCUT2D eigenvalue weighted by atomic mass is 10.1. The lowest BCUT2D eigenvalue weighted by Crippen LogP contribution is -2.45. The van der Waals surface area contributed by atoms with Gasteiger partial charge >= 0.3 is 0 Å². The number of aliphatic hydroxyl groups excluding tert-OH is 1. The zero-order valence-electron chi connectivity index (χ0n) is 13.1. The number of aromatic nitrogens is 2. The molecule has 1 aromatic heterocycles. The topological polar surface area (TPSA) is 64.5 Å². The zero-order valence-corrected chi connectivity index (χ0v) is 13.1. The number of hydrogen-bond acceptors (Lipinski definition) is 6. The summed E-state index contributed by atoms with van der Waals surface area (Å²) in [5, 5.41) is 12.6. The monoisotopic (exact) mass is 303 g/mol. The first-order chi connectivity index (χ1) is 10.7. The van der Waals surface area contributed by atoms with Crippen LogP contribution in [0.3, 0.4) is 0 Å². The Bertz CT molecular complexity index is 496. The molecule has 3 rings (SSSR count). The first kappa shape index (κ1) is 15.4. The maximum atomic E-state index is 9.13. The highest BCUT2D eigenvalue weighted by molar-refractivity contribution is 5.30. The van der Waals surface area contributed by atoms with Gasteiger partial charge in [0, 0.05) is 69.2 Å². The van der Waals surface area contributed by atoms with E-state index in [-0.39, 0.29) is 6.61 Å². The van der Waals surface area contributed by atoms with E-state index in [2.05, 4.69) is 44.3 Å². The van der Waals surface area contributed by atoms with Gasteiger partial charge in [0.15, 0.2) is 0 Å². The molecule has 0 bridgehead atoms. The van der Waals surface area contributed by atoms with Crippen molar-refractivity contribution in [3.05, 3.63) is 30.1 Å². The summed E-state index contributed by atoms with van der Waals surface area (Å²) in [4.78, 5) is 13.6. The molecule has 1 aliphatic carbocycles. The summed E-state index contributed by atoms with van der Waals surface area (Å²) in [6, 6.07) is 0.342. The highest BCUT2D eigenvalue weighted by atomic mass is 16.3. The normalized spacial score (nSPS) is 25.8. The molecule has 120 valence electrons. The largest absolute Gasteiger partial charge is 0.396 e. The molecule has 1 fully saturated rings. The van der Waals surface area contributed by atoms with Gasteiger partial charge in [0.2, 0.25) is 5.95 Å². The number of hydrogen-bond donors (Lipinski definition) is 2. The number of nitrogens with one attached hydrogen (secondary N) is 1. The summed E-state index contributed by atoms with van der Waals surface area (Å²) < 4.78 is 0. The van der Waals surface area contributed by atoms with Crippen LogP contribution < -0.4 is 10.2 Å². The second-order valence-corrected chi connectivity index (χ2v) is 6.23. The summed E-state index contributed by atoms with van der Waals surface area (Å²) in [5.74, 6) is 1.13. The molecule has 0 unspecified atom stereocenters. The second kappa shape index (κ2) is 7.17. The first-order valence-electron chi connectivity index (χ1n) is 8.01. The minimum Gasteiger partial charge on any atom is -0.396 e. The van der Waals surface area contributed by atoms with Crippen molar-refractivity contribution in [2.45, 2.75) is 19.0 Å². The Morgan fingerprint density at radius 1 is 1.18 bits per heavy atom. The maximum absolute atomic E-state index is 9.13. The molecule has 2 N–H and O–H groups in total. The van der Waals surface area contributed by atoms with Gasteiger partial charge in [0.1, 0.15) is 0 Å². The van der Waals surface area contributed by atoms with Gasteiger partial charge in [-0.1, -0.05) is 12.2 Å². The van der Waals surface area contributed by atoms with Crippen molar-refractivity contribution in [2.24, 2.45) is 5.92 Å². The average molecular weight is 303 g/mol. The van der Waals surface area contributed by atoms with Gasteiger partial charge in [-0.2, -0.15) is 0 Å². The molecule has 1 aliphatic heterocycles. The minimum atomic E-state index is 0.234. The summed E-state index contributed by atoms with van der Waals surface area (Å²) in [6.45, 7) is 5.10. The van der Waals surface area contributed by atoms with Crippen LogP contribution in [-0.2, 0) is 6.54 Å². The quantitative estimate of drug-likeness (QED) is 0.761. The highest BCUT2D eigenvalue weighted by Crippen LogP contribution is 2.17. The lowest BCUT2D eigenvalue weighted by Gasteiger charge is -2.32. The number of rotatable bonds is 5. The number of nitrogens with zero attached hydrogens (tertiary/aromatic N) is 4. The molecule has 2 heterocycles. The van der Waals surface area contributed by atoms with Gasteiger partial charge < -0.3 is 20.2 Å². The molecule has 0 spiro atoms. The van der Waals surface area contributed by atoms with Crippen LogP contribution in [0, 0.1) is 5.92 Å². The van der Waals surface area contributed by atoms with Crippen molar-refractivity contribution in [1.82, 2.24) is 20.2 Å². The lowest BCUT2D eigenvalue weighted by molar-refractivity contribution is 0.246. The van der Waals surface area contributed by atoms with Gasteiger partial charge in [-0.25, -0.2) is 9.97 Å². The summed E-state index contributed by atoms with van der Waals surface area (Å²) in [6.07, 6.45) is 9.02. The Hall–Kier alpha value is -1.50. The van der Waals surface area contributed by atoms with E-state index in [0.717, 1.165) is 50.7 Å². The van der Waals surface area contributed by atoms with E-state index in [0.29, 0.717) is 12.0 Å². The molecule has 2 aliphatic rings. The van der Waals surface area contributed by atoms with Crippen LogP contribution in [0.25, 0.3) is 0 Å². The van der Waals surface area contributed by atoms with Crippen LogP contribution in [0.2, 0.25) is 0 Å². The molecule has 0 aromatic carbocycles. The van der Waals surface area contributed by atoms with Gasteiger partial charge in [0.25, 0.3) is 0 Å². The molecular weight excluding hydrogens is 278 g/mol. The van der Waals surface area contributed by atoms with Crippen LogP contribution in [0.1, 0.15) is 12.0 Å². The van der Waals surface area contributed by atoms with Crippen molar-refractivity contribution < 1.29 is 5.11 Å². The predicted molar refractivity (Wildman–Crippen MR) is 86.7 cm³/mol. The van der Waals surface area contributed by atoms with Crippen LogP contribution in [-0.4, -0.2) is 65.8 Å². The average Bonchev–Trinajstić information content (AvgIpc) is 3.02. The van der Waals surface area contributed by atoms with Crippen LogP contribution in [0.4, 0.5) is 5.95 Å². The summed E-state index contributed by atoms with van der Waals surface area (Å²) >= 11 is 0. The fourth-order valence-electron chi connectivity index (χ4n) is 2.92. The highest BCUT2D eigenvalue weighted by Gasteiger charge is 2.18. The molecule has 0 amide bonds. The Labute approximate surface area is 131 Å². The Morgan fingerprint density at radius 2 is 1.91 bits per heavy atom. The number of anilines is 1. The fraction of sp³-hybridized carbons (Fsp3) is 0.625. The molecule has 6 heteroatoms. The Morgan fingerprint density at radius 3 is 2.55 bits per heavy atom. The number of piperazine rings is 1. The van der Waals surface area contributed by atoms with Crippen LogP contribution in [0.5, 0.6) is 0 Å². The van der Waals surface area contributed by atoms with E-state index in [9.17, 15) is 0 Å². The minimum absolute atomic E-state index is 0.234. The fourth-order valence-corrected chi connectivity index (χ4v) is 2.92. The van der Waals surface area contributed by atoms with Gasteiger partial charge in [0.05, 0.1) is 0 Å². The molecule has 1 aromatic rings. The predicted octanol–water partition coefficient (Wildman–Crippen LogP) is 0.255. The molecule has 2 atom stereocenters. The summed E-state index contributed by atoms with van der Waals surface area (Å²) in [7, 11) is 2.14. The first-order valence-corrected chi connectivity index (χ1v) is 8.01. The van der Waals surface area contributed by atoms with E-state index in [1.165, 1.54) is 0 Å². The van der Waals surface area contributed by atoms with Crippen LogP contribution in [0.15, 0.2) is 24.5 Å². The second-order valence-electron chi connectivity index (χ2n) is 6.23. The molecule has 6 nitrogen and oxygen atoms in total. The molecular formula is C16H25N5O. The van der Waals surface area contributed by atoms with Crippen molar-refractivity contribution in [1.29, 1.82) is 0 Å². The smallest absolute Gasteiger partial charge is 0.225 e. The molecule has 1 saturated heterocycles. The maximum Gasteiger partial charge on any atom is 0.225 e. The molecule has 0 saturated carbocycles. The van der Waals surface area contributed by atoms with E-state index < -0.39 is 0 Å². The Kier molecular flexibility index (Phi) is 5.02. The summed E-state index contributed by atoms with van der Waals surface area (Å²) in [5.41, 5.74) is 1.10. The standard InChI is InChI=1S/C16H25N5O/c1-20-4-6-21(7-5-20)16-18-10-14(11-19-16)9-17-15-3-2-13(8-15)12-22/h2-3,10-11,13,15,17,22H,4-9,12H2,1H3/t13-,15+/m0/s1. The van der Waals surface area contributed by atoms with Crippen molar-refractivity contribution in [3.8, 4) is 0 Å². The van der Waals surface area contributed by atoms with E-state index >= 15 is 0 Å². The molecule has 0 radical (unpaired) electrons. The van der Waals surface area contributed by atoms with E-state index in [1.807, 2.05) is 12.4 Å². The third-order valence-corrected chi connectivity index (χ3v) is 4.45. The van der Waals surface area contributed by atoms with Gasteiger partial charge in [-0.3, -0.25) is 0 Å². The van der Waals surface area contributed by atoms with Crippen molar-refractivity contribution in [2.75, 3.05) is 44.7 Å². The SMILES string of the molecule is CN1CCN(c2ncc(CN[C@@H]3C=C[C@H](CO)C3)cn2)CC1. The zero-order chi connectivity index (χ0) is 15.4. The van der Waals surface area contributed by atoms with E-state index in [1.54, 1.807) is 0 Å². The van der Waals surface area contributed by atoms with Gasteiger partial charge in [-0.05, 0) is 13.5 Å². The van der Waals surface area contributed by atoms with Gasteiger partial charge in [-0.15, -0.1) is 0 Å². The third-order valence-electron chi connectivity index (χ3n) is 4.45. The Balaban J connectivity index is 1.48. The van der Waals surface area contributed by atoms with Crippen molar-refractivity contribution in [3.63, 3.8) is 0 Å². The van der Waals surface area contributed by atoms with Crippen LogP contribution >= 0.6 is 0 Å². The number of likely N-dealkylation sites (N-methyl/N-ethyl adjacent to an activating group) is 1. The number of aliphatic hydroxyl groups is 1. The third kappa shape index (κ3) is 3.82. The van der Waals surface area contributed by atoms with E-state index in [4.69, 9.17) is 5.11 Å². The molecule has 22 heavy (non-hydrogen) atoms.